The molecule has 1 aliphatic heterocycles. The lowest BCUT2D eigenvalue weighted by Crippen LogP contribution is -2.35. The molecule has 19 heavy (non-hydrogen) atoms. The molecule has 1 unspecified atom stereocenters. The highest BCUT2D eigenvalue weighted by Crippen LogP contribution is 2.34. The molecule has 1 atom stereocenters. The van der Waals surface area contributed by atoms with Gasteiger partial charge in [0, 0.05) is 12.5 Å². The van der Waals surface area contributed by atoms with Crippen molar-refractivity contribution in [3.05, 3.63) is 23.8 Å². The first-order chi connectivity index (χ1) is 8.79. The van der Waals surface area contributed by atoms with E-state index in [2.05, 4.69) is 10.6 Å². The van der Waals surface area contributed by atoms with E-state index in [1.54, 1.807) is 12.1 Å². The van der Waals surface area contributed by atoms with E-state index in [9.17, 15) is 14.7 Å². The first-order valence-corrected chi connectivity index (χ1v) is 6.22. The van der Waals surface area contributed by atoms with Crippen molar-refractivity contribution in [1.29, 1.82) is 0 Å². The molecule has 0 fully saturated rings. The summed E-state index contributed by atoms with van der Waals surface area (Å²) in [5, 5.41) is 15.2. The molecule has 1 aliphatic rings. The van der Waals surface area contributed by atoms with Crippen molar-refractivity contribution >= 4 is 23.3 Å². The highest BCUT2D eigenvalue weighted by atomic mass is 16.4. The van der Waals surface area contributed by atoms with Crippen LogP contribution in [0.1, 0.15) is 37.6 Å². The number of hydrogen-bond acceptors (Lipinski definition) is 3. The van der Waals surface area contributed by atoms with Crippen LogP contribution in [-0.4, -0.2) is 23.0 Å². The molecule has 0 bridgehead atoms. The van der Waals surface area contributed by atoms with Crippen LogP contribution in [0.3, 0.4) is 0 Å². The van der Waals surface area contributed by atoms with Gasteiger partial charge in [-0.05, 0) is 17.5 Å². The summed E-state index contributed by atoms with van der Waals surface area (Å²) in [6, 6.07) is 4.75. The summed E-state index contributed by atoms with van der Waals surface area (Å²) in [6.45, 7) is 6.06. The summed E-state index contributed by atoms with van der Waals surface area (Å²) in [5.41, 5.74) is 1.04. The van der Waals surface area contributed by atoms with Crippen LogP contribution in [0.2, 0.25) is 0 Å². The summed E-state index contributed by atoms with van der Waals surface area (Å²) in [6.07, 6.45) is 0.317. The van der Waals surface area contributed by atoms with Crippen LogP contribution in [-0.2, 0) is 4.79 Å². The van der Waals surface area contributed by atoms with E-state index >= 15 is 0 Å². The van der Waals surface area contributed by atoms with Crippen LogP contribution in [0.25, 0.3) is 0 Å². The van der Waals surface area contributed by atoms with Crippen molar-refractivity contribution in [3.8, 4) is 0 Å². The van der Waals surface area contributed by atoms with Gasteiger partial charge >= 0.3 is 5.97 Å². The molecule has 1 aromatic carbocycles. The normalized spacial score (nSPS) is 18.9. The standard InChI is InChI=1S/C14H18N2O3/c1-14(2,3)10-7-11(17)15-9-6-4-5-8(13(18)19)12(9)16-10/h4-6,10,16H,7H2,1-3H3,(H,15,17)(H,18,19). The number of rotatable bonds is 1. The highest BCUT2D eigenvalue weighted by molar-refractivity contribution is 6.03. The Morgan fingerprint density at radius 3 is 2.63 bits per heavy atom. The molecule has 0 radical (unpaired) electrons. The fraction of sp³-hybridized carbons (Fsp3) is 0.429. The fourth-order valence-electron chi connectivity index (χ4n) is 2.12. The van der Waals surface area contributed by atoms with Crippen LogP contribution in [0.15, 0.2) is 18.2 Å². The number of anilines is 2. The average Bonchev–Trinajstić information content (AvgIpc) is 2.45. The zero-order valence-electron chi connectivity index (χ0n) is 11.3. The van der Waals surface area contributed by atoms with Gasteiger partial charge in [0.25, 0.3) is 0 Å². The molecular formula is C14H18N2O3. The SMILES string of the molecule is CC(C)(C)C1CC(=O)Nc2cccc(C(=O)O)c2N1. The maximum Gasteiger partial charge on any atom is 0.337 e. The number of carboxylic acid groups (broad SMARTS) is 1. The summed E-state index contributed by atoms with van der Waals surface area (Å²) < 4.78 is 0. The predicted octanol–water partition coefficient (Wildman–Crippen LogP) is 2.55. The Morgan fingerprint density at radius 1 is 1.37 bits per heavy atom. The van der Waals surface area contributed by atoms with Crippen LogP contribution >= 0.6 is 0 Å². The van der Waals surface area contributed by atoms with E-state index in [0.717, 1.165) is 0 Å². The molecular weight excluding hydrogens is 244 g/mol. The summed E-state index contributed by atoms with van der Waals surface area (Å²) in [5.74, 6) is -1.11. The average molecular weight is 262 g/mol. The fourth-order valence-corrected chi connectivity index (χ4v) is 2.12. The molecule has 1 amide bonds. The quantitative estimate of drug-likeness (QED) is 0.726. The first-order valence-electron chi connectivity index (χ1n) is 6.22. The van der Waals surface area contributed by atoms with E-state index in [4.69, 9.17) is 0 Å². The third-order valence-corrected chi connectivity index (χ3v) is 3.32. The van der Waals surface area contributed by atoms with Crippen molar-refractivity contribution in [1.82, 2.24) is 0 Å². The maximum atomic E-state index is 11.9. The predicted molar refractivity (Wildman–Crippen MR) is 73.5 cm³/mol. The summed E-state index contributed by atoms with van der Waals surface area (Å²) in [7, 11) is 0. The van der Waals surface area contributed by atoms with Gasteiger partial charge in [0.15, 0.2) is 0 Å². The molecule has 102 valence electrons. The Kier molecular flexibility index (Phi) is 3.22. The smallest absolute Gasteiger partial charge is 0.337 e. The molecule has 0 aliphatic carbocycles. The van der Waals surface area contributed by atoms with Crippen LogP contribution in [0.5, 0.6) is 0 Å². The molecule has 0 saturated carbocycles. The maximum absolute atomic E-state index is 11.9. The van der Waals surface area contributed by atoms with Gasteiger partial charge in [0.1, 0.15) is 0 Å². The molecule has 5 nitrogen and oxygen atoms in total. The second-order valence-electron chi connectivity index (χ2n) is 5.85. The third-order valence-electron chi connectivity index (χ3n) is 3.32. The number of carbonyl (C=O) groups is 2. The minimum absolute atomic E-state index is 0.103. The Hall–Kier alpha value is -2.04. The van der Waals surface area contributed by atoms with E-state index in [0.29, 0.717) is 17.8 Å². The first kappa shape index (κ1) is 13.4. The Morgan fingerprint density at radius 2 is 2.05 bits per heavy atom. The van der Waals surface area contributed by atoms with E-state index in [1.807, 2.05) is 20.8 Å². The largest absolute Gasteiger partial charge is 0.478 e. The van der Waals surface area contributed by atoms with Crippen molar-refractivity contribution < 1.29 is 14.7 Å². The Labute approximate surface area is 112 Å². The highest BCUT2D eigenvalue weighted by Gasteiger charge is 2.31. The number of amides is 1. The number of hydrogen-bond donors (Lipinski definition) is 3. The van der Waals surface area contributed by atoms with Gasteiger partial charge in [-0.1, -0.05) is 26.8 Å². The summed E-state index contributed by atoms with van der Waals surface area (Å²) >= 11 is 0. The number of para-hydroxylation sites is 1. The molecule has 5 heteroatoms. The molecule has 0 saturated heterocycles. The number of carboxylic acids is 1. The molecule has 0 spiro atoms. The van der Waals surface area contributed by atoms with Gasteiger partial charge in [0.2, 0.25) is 5.91 Å². The molecule has 2 rings (SSSR count). The summed E-state index contributed by atoms with van der Waals surface area (Å²) in [4.78, 5) is 23.2. The second kappa shape index (κ2) is 4.57. The van der Waals surface area contributed by atoms with Crippen molar-refractivity contribution in [2.24, 2.45) is 5.41 Å². The second-order valence-corrected chi connectivity index (χ2v) is 5.85. The van der Waals surface area contributed by atoms with Gasteiger partial charge in [0.05, 0.1) is 16.9 Å². The Bertz CT molecular complexity index is 532. The van der Waals surface area contributed by atoms with Crippen molar-refractivity contribution in [2.45, 2.75) is 33.2 Å². The zero-order valence-corrected chi connectivity index (χ0v) is 11.3. The number of nitrogens with one attached hydrogen (secondary N) is 2. The number of carbonyl (C=O) groups excluding carboxylic acids is 1. The van der Waals surface area contributed by atoms with Crippen molar-refractivity contribution in [2.75, 3.05) is 10.6 Å². The van der Waals surface area contributed by atoms with Gasteiger partial charge in [-0.15, -0.1) is 0 Å². The van der Waals surface area contributed by atoms with Crippen molar-refractivity contribution in [3.63, 3.8) is 0 Å². The number of benzene rings is 1. The van der Waals surface area contributed by atoms with E-state index in [1.165, 1.54) is 6.07 Å². The zero-order chi connectivity index (χ0) is 14.2. The number of fused-ring (bicyclic) bond motifs is 1. The lowest BCUT2D eigenvalue weighted by Gasteiger charge is -2.30. The molecule has 3 N–H and O–H groups in total. The minimum atomic E-state index is -1.01. The Balaban J connectivity index is 2.51. The van der Waals surface area contributed by atoms with Gasteiger partial charge in [-0.3, -0.25) is 4.79 Å². The lowest BCUT2D eigenvalue weighted by atomic mass is 9.84. The minimum Gasteiger partial charge on any atom is -0.478 e. The lowest BCUT2D eigenvalue weighted by molar-refractivity contribution is -0.116. The molecule has 1 heterocycles. The topological polar surface area (TPSA) is 78.4 Å². The molecule has 0 aromatic heterocycles. The number of aromatic carboxylic acids is 1. The van der Waals surface area contributed by atoms with Crippen LogP contribution in [0.4, 0.5) is 11.4 Å². The van der Waals surface area contributed by atoms with Crippen LogP contribution in [0, 0.1) is 5.41 Å². The third kappa shape index (κ3) is 2.70. The van der Waals surface area contributed by atoms with E-state index < -0.39 is 5.97 Å². The van der Waals surface area contributed by atoms with E-state index in [-0.39, 0.29) is 22.9 Å². The van der Waals surface area contributed by atoms with Gasteiger partial charge in [-0.2, -0.15) is 0 Å². The molecule has 1 aromatic rings. The van der Waals surface area contributed by atoms with Gasteiger partial charge < -0.3 is 15.7 Å². The van der Waals surface area contributed by atoms with Crippen LogP contribution < -0.4 is 10.6 Å². The van der Waals surface area contributed by atoms with Gasteiger partial charge in [-0.25, -0.2) is 4.79 Å². The monoisotopic (exact) mass is 262 g/mol.